The van der Waals surface area contributed by atoms with Gasteiger partial charge in [0, 0.05) is 51.3 Å². The number of rotatable bonds is 12. The van der Waals surface area contributed by atoms with Crippen LogP contribution in [0.4, 0.5) is 4.79 Å². The maximum atomic E-state index is 13.5. The summed E-state index contributed by atoms with van der Waals surface area (Å²) in [6, 6.07) is 8.44. The Bertz CT molecular complexity index is 1500. The second kappa shape index (κ2) is 15.6. The molecule has 3 heterocycles. The molecule has 258 valence electrons. The number of aliphatic carboxylic acids is 1. The van der Waals surface area contributed by atoms with Gasteiger partial charge in [-0.25, -0.2) is 9.48 Å². The minimum absolute atomic E-state index is 0.0732. The first-order valence-corrected chi connectivity index (χ1v) is 16.3. The highest BCUT2D eigenvalue weighted by Crippen LogP contribution is 2.23. The molecule has 16 heteroatoms. The summed E-state index contributed by atoms with van der Waals surface area (Å²) < 4.78 is 7.25. The molecule has 4 N–H and O–H groups in total. The molecule has 1 aromatic heterocycles. The van der Waals surface area contributed by atoms with Crippen molar-refractivity contribution in [2.24, 2.45) is 0 Å². The molecule has 0 bridgehead atoms. The first-order valence-electron chi connectivity index (χ1n) is 16.3. The molecule has 2 aromatic rings. The summed E-state index contributed by atoms with van der Waals surface area (Å²) in [5.74, 6) is -2.91. The minimum atomic E-state index is -1.21. The topological polar surface area (TPSA) is 204 Å². The fraction of sp³-hybridized carbons (Fsp3) is 0.531. The highest BCUT2D eigenvalue weighted by molar-refractivity contribution is 5.96. The Morgan fingerprint density at radius 3 is 2.25 bits per heavy atom. The summed E-state index contributed by atoms with van der Waals surface area (Å²) in [6.45, 7) is 0.386. The molecular weight excluding hydrogens is 626 g/mol. The van der Waals surface area contributed by atoms with Gasteiger partial charge in [-0.2, -0.15) is 5.10 Å². The van der Waals surface area contributed by atoms with Crippen molar-refractivity contribution in [3.8, 4) is 11.6 Å². The van der Waals surface area contributed by atoms with E-state index >= 15 is 0 Å². The molecule has 2 atom stereocenters. The van der Waals surface area contributed by atoms with Gasteiger partial charge in [-0.3, -0.25) is 24.0 Å². The Labute approximate surface area is 277 Å². The van der Waals surface area contributed by atoms with Gasteiger partial charge in [0.1, 0.15) is 12.1 Å². The van der Waals surface area contributed by atoms with Crippen LogP contribution in [-0.2, 0) is 19.2 Å². The van der Waals surface area contributed by atoms with E-state index in [-0.39, 0.29) is 62.0 Å². The second-order valence-corrected chi connectivity index (χ2v) is 12.2. The molecular formula is C32H41N7O9. The van der Waals surface area contributed by atoms with Crippen LogP contribution >= 0.6 is 0 Å². The van der Waals surface area contributed by atoms with Crippen molar-refractivity contribution in [1.29, 1.82) is 0 Å². The number of carbonyl (C=O) groups is 6. The van der Waals surface area contributed by atoms with Crippen molar-refractivity contribution in [3.63, 3.8) is 0 Å². The van der Waals surface area contributed by atoms with Crippen LogP contribution in [0.1, 0.15) is 61.9 Å². The van der Waals surface area contributed by atoms with Crippen LogP contribution in [0.3, 0.4) is 0 Å². The zero-order valence-corrected chi connectivity index (χ0v) is 26.6. The van der Waals surface area contributed by atoms with Gasteiger partial charge in [0.15, 0.2) is 12.3 Å². The number of carbonyl (C=O) groups excluding carboxylic acids is 4. The Morgan fingerprint density at radius 1 is 0.896 bits per heavy atom. The monoisotopic (exact) mass is 667 g/mol. The van der Waals surface area contributed by atoms with Gasteiger partial charge >= 0.3 is 12.1 Å². The Balaban J connectivity index is 1.28. The molecule has 1 aromatic carbocycles. The molecule has 0 spiro atoms. The zero-order valence-electron chi connectivity index (χ0n) is 26.6. The largest absolute Gasteiger partial charge is 0.481 e. The first kappa shape index (κ1) is 34.2. The van der Waals surface area contributed by atoms with Crippen molar-refractivity contribution < 1.29 is 43.7 Å². The third-order valence-electron chi connectivity index (χ3n) is 8.94. The van der Waals surface area contributed by atoms with Gasteiger partial charge < -0.3 is 40.3 Å². The summed E-state index contributed by atoms with van der Waals surface area (Å²) in [6.07, 6.45) is 3.60. The van der Waals surface area contributed by atoms with Crippen molar-refractivity contribution in [3.05, 3.63) is 42.1 Å². The predicted molar refractivity (Wildman–Crippen MR) is 168 cm³/mol. The standard InChI is InChI=1S/C32H41N7O9/c40-26(38-14-6-11-25(38)30(44)33-21-7-4-5-8-21)20-48-27-19-24(35-39(27)22-9-2-1-3-10-22)29(43)34-23(12-13-28(41)42)31(45)36-15-17-37(18-16-36)32(46)47/h1-3,9-10,19,21,23,25H,4-8,11-18,20H2,(H,33,44)(H,34,43)(H,41,42)(H,46,47). The van der Waals surface area contributed by atoms with E-state index in [1.807, 2.05) is 0 Å². The summed E-state index contributed by atoms with van der Waals surface area (Å²) in [5, 5.41) is 28.5. The fourth-order valence-electron chi connectivity index (χ4n) is 6.35. The summed E-state index contributed by atoms with van der Waals surface area (Å²) in [5.41, 5.74) is 0.393. The van der Waals surface area contributed by atoms with E-state index in [9.17, 15) is 39.0 Å². The van der Waals surface area contributed by atoms with Crippen molar-refractivity contribution >= 4 is 35.7 Å². The number of amides is 5. The summed E-state index contributed by atoms with van der Waals surface area (Å²) in [4.78, 5) is 79.8. The van der Waals surface area contributed by atoms with Gasteiger partial charge in [-0.1, -0.05) is 31.0 Å². The molecule has 48 heavy (non-hydrogen) atoms. The van der Waals surface area contributed by atoms with E-state index in [4.69, 9.17) is 4.74 Å². The van der Waals surface area contributed by atoms with Gasteiger partial charge in [-0.05, 0) is 44.2 Å². The number of ether oxygens (including phenoxy) is 1. The van der Waals surface area contributed by atoms with Gasteiger partial charge in [0.05, 0.1) is 5.69 Å². The normalized spacial score (nSPS) is 18.8. The Morgan fingerprint density at radius 2 is 1.58 bits per heavy atom. The number of aromatic nitrogens is 2. The molecule has 2 unspecified atom stereocenters. The van der Waals surface area contributed by atoms with Crippen molar-refractivity contribution in [2.75, 3.05) is 39.3 Å². The van der Waals surface area contributed by atoms with Gasteiger partial charge in [-0.15, -0.1) is 0 Å². The van der Waals surface area contributed by atoms with Gasteiger partial charge in [0.25, 0.3) is 11.8 Å². The molecule has 16 nitrogen and oxygen atoms in total. The Kier molecular flexibility index (Phi) is 11.1. The number of nitrogens with zero attached hydrogens (tertiary/aromatic N) is 5. The van der Waals surface area contributed by atoms with E-state index in [1.54, 1.807) is 30.3 Å². The van der Waals surface area contributed by atoms with E-state index in [0.717, 1.165) is 25.7 Å². The van der Waals surface area contributed by atoms with Crippen LogP contribution in [0.25, 0.3) is 5.69 Å². The highest BCUT2D eigenvalue weighted by atomic mass is 16.5. The molecule has 5 rings (SSSR count). The lowest BCUT2D eigenvalue weighted by Gasteiger charge is -2.35. The molecule has 3 fully saturated rings. The average Bonchev–Trinajstić information content (AvgIpc) is 3.87. The van der Waals surface area contributed by atoms with Gasteiger partial charge in [0.2, 0.25) is 17.7 Å². The number of nitrogens with one attached hydrogen (secondary N) is 2. The van der Waals surface area contributed by atoms with Crippen molar-refractivity contribution in [1.82, 2.24) is 35.1 Å². The van der Waals surface area contributed by atoms with E-state index in [0.29, 0.717) is 25.1 Å². The molecule has 1 saturated carbocycles. The first-order chi connectivity index (χ1) is 23.1. The molecule has 5 amide bonds. The van der Waals surface area contributed by atoms with Crippen molar-refractivity contribution in [2.45, 2.75) is 69.5 Å². The molecule has 2 saturated heterocycles. The third-order valence-corrected chi connectivity index (χ3v) is 8.94. The highest BCUT2D eigenvalue weighted by Gasteiger charge is 2.36. The maximum Gasteiger partial charge on any atom is 0.407 e. The van der Waals surface area contributed by atoms with Crippen LogP contribution in [0.5, 0.6) is 5.88 Å². The molecule has 0 radical (unpaired) electrons. The number of para-hydroxylation sites is 1. The number of piperazine rings is 1. The maximum absolute atomic E-state index is 13.5. The number of likely N-dealkylation sites (tertiary alicyclic amines) is 1. The smallest absolute Gasteiger partial charge is 0.407 e. The fourth-order valence-corrected chi connectivity index (χ4v) is 6.35. The number of carboxylic acid groups (broad SMARTS) is 2. The van der Waals surface area contributed by atoms with Crippen LogP contribution in [0.15, 0.2) is 36.4 Å². The molecule has 3 aliphatic rings. The third kappa shape index (κ3) is 8.41. The van der Waals surface area contributed by atoms with E-state index < -0.39 is 49.0 Å². The predicted octanol–water partition coefficient (Wildman–Crippen LogP) is 1.09. The molecule has 2 aliphatic heterocycles. The summed E-state index contributed by atoms with van der Waals surface area (Å²) >= 11 is 0. The van der Waals surface area contributed by atoms with E-state index in [2.05, 4.69) is 15.7 Å². The number of hydrogen-bond donors (Lipinski definition) is 4. The second-order valence-electron chi connectivity index (χ2n) is 12.2. The summed E-state index contributed by atoms with van der Waals surface area (Å²) in [7, 11) is 0. The van der Waals surface area contributed by atoms with E-state index in [1.165, 1.54) is 25.4 Å². The number of benzene rings is 1. The number of carboxylic acids is 1. The number of hydrogen-bond acceptors (Lipinski definition) is 8. The minimum Gasteiger partial charge on any atom is -0.481 e. The SMILES string of the molecule is O=C(O)CCC(NC(=O)c1cc(OCC(=O)N2CCCC2C(=O)NC2CCCC2)n(-c2ccccc2)n1)C(=O)N1CCN(C(=O)O)CC1. The van der Waals surface area contributed by atoms with Crippen LogP contribution < -0.4 is 15.4 Å². The zero-order chi connectivity index (χ0) is 34.2. The Hall–Kier alpha value is -5.15. The lowest BCUT2D eigenvalue weighted by Crippen LogP contribution is -2.55. The lowest BCUT2D eigenvalue weighted by molar-refractivity contribution is -0.140. The average molecular weight is 668 g/mol. The lowest BCUT2D eigenvalue weighted by atomic mass is 10.1. The van der Waals surface area contributed by atoms with Crippen LogP contribution in [0, 0.1) is 0 Å². The molecule has 1 aliphatic carbocycles. The quantitative estimate of drug-likeness (QED) is 0.254. The van der Waals surface area contributed by atoms with Crippen LogP contribution in [-0.4, -0.2) is 128 Å². The van der Waals surface area contributed by atoms with Crippen LogP contribution in [0.2, 0.25) is 0 Å².